The summed E-state index contributed by atoms with van der Waals surface area (Å²) < 4.78 is 5.74. The second-order valence-electron chi connectivity index (χ2n) is 11.3. The number of carbonyl (C=O) groups excluding carboxylic acids is 5. The van der Waals surface area contributed by atoms with Gasteiger partial charge in [-0.2, -0.15) is 0 Å². The minimum Gasteiger partial charge on any atom is -0.388 e. The van der Waals surface area contributed by atoms with Crippen molar-refractivity contribution in [3.63, 3.8) is 0 Å². The number of hydrogen-bond donors (Lipinski definition) is 7. The number of amidine groups is 1. The van der Waals surface area contributed by atoms with Gasteiger partial charge in [0, 0.05) is 63.1 Å². The molecule has 0 saturated heterocycles. The Labute approximate surface area is 310 Å². The minimum absolute atomic E-state index is 0. The van der Waals surface area contributed by atoms with Crippen LogP contribution in [0.15, 0.2) is 72.1 Å². The van der Waals surface area contributed by atoms with Gasteiger partial charge in [-0.25, -0.2) is 0 Å². The summed E-state index contributed by atoms with van der Waals surface area (Å²) in [4.78, 5) is 64.3. The quantitative estimate of drug-likeness (QED) is 0.0525. The molecule has 4 aromatic heterocycles. The minimum atomic E-state index is -0.461. The summed E-state index contributed by atoms with van der Waals surface area (Å²) in [7, 11) is 4.99. The second kappa shape index (κ2) is 15.9. The van der Waals surface area contributed by atoms with E-state index in [0.29, 0.717) is 33.3 Å². The molecule has 15 nitrogen and oxygen atoms in total. The number of hydrogen-bond acceptors (Lipinski definition) is 7. The van der Waals surface area contributed by atoms with Gasteiger partial charge in [-0.1, -0.05) is 6.58 Å². The van der Waals surface area contributed by atoms with Gasteiger partial charge in [0.15, 0.2) is 0 Å². The first kappa shape index (κ1) is 38.2. The number of halogens is 2. The van der Waals surface area contributed by atoms with Gasteiger partial charge < -0.3 is 46.0 Å². The molecule has 0 fully saturated rings. The van der Waals surface area contributed by atoms with Crippen LogP contribution >= 0.6 is 39.7 Å². The van der Waals surface area contributed by atoms with Gasteiger partial charge in [-0.15, -0.1) is 23.7 Å². The molecule has 0 unspecified atom stereocenters. The van der Waals surface area contributed by atoms with Crippen LogP contribution in [0.2, 0.25) is 0 Å². The Morgan fingerprint density at radius 2 is 1.24 bits per heavy atom. The fourth-order valence-electron chi connectivity index (χ4n) is 4.99. The van der Waals surface area contributed by atoms with Crippen molar-refractivity contribution in [1.29, 1.82) is 5.41 Å². The molecule has 5 amide bonds. The third-order valence-electron chi connectivity index (χ3n) is 7.41. The molecule has 0 spiro atoms. The molecule has 0 radical (unpaired) electrons. The third kappa shape index (κ3) is 9.13. The number of aromatic nitrogens is 3. The number of nitrogens with one attached hydrogen (secondary N) is 6. The molecule has 5 rings (SSSR count). The Morgan fingerprint density at radius 3 is 1.73 bits per heavy atom. The Hall–Kier alpha value is -5.65. The number of rotatable bonds is 12. The van der Waals surface area contributed by atoms with E-state index in [9.17, 15) is 24.0 Å². The molecule has 5 aromatic rings. The molecule has 4 heterocycles. The van der Waals surface area contributed by atoms with Crippen molar-refractivity contribution < 1.29 is 24.0 Å². The van der Waals surface area contributed by atoms with Crippen LogP contribution in [0.4, 0.5) is 22.7 Å². The summed E-state index contributed by atoms with van der Waals surface area (Å²) in [6, 6.07) is 11.6. The molecule has 8 N–H and O–H groups in total. The monoisotopic (exact) mass is 796 g/mol. The Balaban J connectivity index is 0.00000583. The van der Waals surface area contributed by atoms with Crippen LogP contribution in [0.1, 0.15) is 47.6 Å². The molecule has 0 bridgehead atoms. The number of anilines is 4. The summed E-state index contributed by atoms with van der Waals surface area (Å²) in [5, 5.41) is 21.8. The van der Waals surface area contributed by atoms with E-state index in [2.05, 4.69) is 49.1 Å². The lowest BCUT2D eigenvalue weighted by atomic mass is 10.2. The van der Waals surface area contributed by atoms with E-state index in [-0.39, 0.29) is 64.8 Å². The van der Waals surface area contributed by atoms with Crippen LogP contribution in [-0.4, -0.2) is 55.6 Å². The maximum atomic E-state index is 13.2. The van der Waals surface area contributed by atoms with E-state index in [1.54, 1.807) is 77.7 Å². The Kier molecular flexibility index (Phi) is 11.9. The van der Waals surface area contributed by atoms with Gasteiger partial charge in [0.25, 0.3) is 29.5 Å². The summed E-state index contributed by atoms with van der Waals surface area (Å²) in [5.74, 6) is -2.06. The van der Waals surface area contributed by atoms with E-state index in [1.165, 1.54) is 23.5 Å². The number of nitrogens with zero attached hydrogens (tertiary/aromatic N) is 3. The van der Waals surface area contributed by atoms with Crippen LogP contribution in [-0.2, 0) is 25.9 Å². The van der Waals surface area contributed by atoms with Gasteiger partial charge in [0.05, 0.1) is 32.3 Å². The molecule has 0 aliphatic rings. The zero-order valence-corrected chi connectivity index (χ0v) is 30.8. The van der Waals surface area contributed by atoms with Gasteiger partial charge in [0.1, 0.15) is 17.1 Å². The summed E-state index contributed by atoms with van der Waals surface area (Å²) in [6.07, 6.45) is 5.02. The predicted octanol–water partition coefficient (Wildman–Crippen LogP) is 5.00. The molecular formula is C33H34BrClN10O5S. The zero-order valence-electron chi connectivity index (χ0n) is 27.5. The lowest BCUT2D eigenvalue weighted by Gasteiger charge is -2.04. The van der Waals surface area contributed by atoms with Crippen molar-refractivity contribution >= 4 is 108 Å². The first-order chi connectivity index (χ1) is 23.7. The van der Waals surface area contributed by atoms with Gasteiger partial charge in [-0.3, -0.25) is 29.4 Å². The van der Waals surface area contributed by atoms with Crippen molar-refractivity contribution in [3.8, 4) is 0 Å². The molecule has 1 aromatic carbocycles. The molecule has 0 saturated carbocycles. The van der Waals surface area contributed by atoms with E-state index < -0.39 is 11.8 Å². The van der Waals surface area contributed by atoms with Crippen molar-refractivity contribution in [3.05, 3.63) is 94.1 Å². The highest BCUT2D eigenvalue weighted by Crippen LogP contribution is 2.29. The summed E-state index contributed by atoms with van der Waals surface area (Å²) >= 11 is 4.34. The van der Waals surface area contributed by atoms with E-state index >= 15 is 0 Å². The number of aryl methyl sites for hydroxylation is 3. The van der Waals surface area contributed by atoms with Gasteiger partial charge in [0.2, 0.25) is 0 Å². The fourth-order valence-corrected chi connectivity index (χ4v) is 6.03. The average molecular weight is 798 g/mol. The van der Waals surface area contributed by atoms with Crippen LogP contribution in [0.5, 0.6) is 0 Å². The number of fused-ring (bicyclic) bond motifs is 1. The zero-order chi connectivity index (χ0) is 36.3. The van der Waals surface area contributed by atoms with Gasteiger partial charge in [-0.05, 0) is 63.8 Å². The molecular weight excluding hydrogens is 764 g/mol. The van der Waals surface area contributed by atoms with Gasteiger partial charge >= 0.3 is 0 Å². The maximum Gasteiger partial charge on any atom is 0.272 e. The van der Waals surface area contributed by atoms with Crippen molar-refractivity contribution in [2.45, 2.75) is 6.42 Å². The average Bonchev–Trinajstić information content (AvgIpc) is 3.81. The molecule has 18 heteroatoms. The Bertz CT molecular complexity index is 2210. The highest BCUT2D eigenvalue weighted by molar-refractivity contribution is 9.12. The molecule has 0 atom stereocenters. The van der Waals surface area contributed by atoms with Crippen molar-refractivity contribution in [1.82, 2.24) is 19.0 Å². The lowest BCUT2D eigenvalue weighted by molar-refractivity contribution is -0.112. The second-order valence-corrected chi connectivity index (χ2v) is 13.3. The topological polar surface area (TPSA) is 210 Å². The van der Waals surface area contributed by atoms with Crippen LogP contribution in [0.3, 0.4) is 0 Å². The normalized spacial score (nSPS) is 10.6. The first-order valence-corrected chi connectivity index (χ1v) is 16.5. The lowest BCUT2D eigenvalue weighted by Crippen LogP contribution is -2.28. The fraction of sp³-hybridized carbons (Fsp3) is 0.152. The standard InChI is InChI=1S/C33H33BrN10O5S.ClH/c1-17(34)29(45)38-19-5-6-26-18(9-19)10-27(50-26)33(49)41-22-13-25(44(4)16-22)32(48)40-21-12-24(43(3)15-21)31(47)39-20-11-23(42(2)14-20)30(46)37-8-7-28(35)36;/h5-6,9-16H,1,7-8H2,2-4H3,(H3,35,36)(H,37,46)(H,38,45)(H,39,47)(H,40,48)(H,41,49);1H. The van der Waals surface area contributed by atoms with Crippen molar-refractivity contribution in [2.24, 2.45) is 26.9 Å². The number of benzene rings is 1. The predicted molar refractivity (Wildman–Crippen MR) is 205 cm³/mol. The van der Waals surface area contributed by atoms with E-state index in [4.69, 9.17) is 11.1 Å². The van der Waals surface area contributed by atoms with Crippen LogP contribution in [0.25, 0.3) is 10.1 Å². The molecule has 0 aliphatic heterocycles. The maximum absolute atomic E-state index is 13.2. The third-order valence-corrected chi connectivity index (χ3v) is 8.89. The molecule has 0 aliphatic carbocycles. The summed E-state index contributed by atoms with van der Waals surface area (Å²) in [5.41, 5.74) is 7.89. The van der Waals surface area contributed by atoms with Crippen LogP contribution < -0.4 is 32.3 Å². The number of amides is 5. The highest BCUT2D eigenvalue weighted by Gasteiger charge is 2.20. The largest absolute Gasteiger partial charge is 0.388 e. The van der Waals surface area contributed by atoms with Crippen LogP contribution in [0, 0.1) is 5.41 Å². The van der Waals surface area contributed by atoms with Crippen molar-refractivity contribution in [2.75, 3.05) is 27.8 Å². The molecule has 51 heavy (non-hydrogen) atoms. The summed E-state index contributed by atoms with van der Waals surface area (Å²) in [6.45, 7) is 3.77. The van der Waals surface area contributed by atoms with E-state index in [1.807, 2.05) is 6.07 Å². The SMILES string of the molecule is C=C(Br)C(=O)Nc1ccc2sc(C(=O)Nc3cc(C(=O)Nc4cc(C(=O)Nc5cc(C(=O)NCCC(=N)N)n(C)c5)n(C)c4)n(C)c3)cc2c1.Cl. The van der Waals surface area contributed by atoms with E-state index in [0.717, 1.165) is 10.1 Å². The molecule has 266 valence electrons. The Morgan fingerprint density at radius 1 is 0.745 bits per heavy atom. The highest BCUT2D eigenvalue weighted by atomic mass is 79.9. The first-order valence-electron chi connectivity index (χ1n) is 14.9. The smallest absolute Gasteiger partial charge is 0.272 e. The number of thiophene rings is 1. The number of nitrogens with two attached hydrogens (primary N) is 1. The number of carbonyl (C=O) groups is 5.